The smallest absolute Gasteiger partial charge is 0.342 e. The quantitative estimate of drug-likeness (QED) is 0.840. The third-order valence-corrected chi connectivity index (χ3v) is 3.88. The summed E-state index contributed by atoms with van der Waals surface area (Å²) >= 11 is 1.20. The van der Waals surface area contributed by atoms with Crippen LogP contribution < -0.4 is 5.32 Å². The van der Waals surface area contributed by atoms with E-state index in [9.17, 15) is 14.7 Å². The molecule has 0 saturated heterocycles. The molecule has 1 aromatic carbocycles. The SMILES string of the molecule is Cc1ccc(O)c(C(=O)O[C@@H](C)C(=O)Nc2sccc2C#N)c1. The molecule has 2 aromatic rings. The Morgan fingerprint density at radius 2 is 2.13 bits per heavy atom. The second kappa shape index (κ2) is 6.94. The van der Waals surface area contributed by atoms with Crippen molar-refractivity contribution in [1.29, 1.82) is 5.26 Å². The van der Waals surface area contributed by atoms with Gasteiger partial charge in [-0.2, -0.15) is 5.26 Å². The Labute approximate surface area is 136 Å². The van der Waals surface area contributed by atoms with Gasteiger partial charge in [-0.3, -0.25) is 4.79 Å². The molecule has 0 aliphatic rings. The van der Waals surface area contributed by atoms with Crippen molar-refractivity contribution in [2.24, 2.45) is 0 Å². The van der Waals surface area contributed by atoms with E-state index in [0.717, 1.165) is 5.56 Å². The number of carbonyl (C=O) groups is 2. The number of thiophene rings is 1. The van der Waals surface area contributed by atoms with Crippen molar-refractivity contribution in [3.05, 3.63) is 46.3 Å². The summed E-state index contributed by atoms with van der Waals surface area (Å²) in [5.74, 6) is -1.55. The first-order valence-corrected chi connectivity index (χ1v) is 7.59. The second-order valence-electron chi connectivity index (χ2n) is 4.83. The zero-order valence-electron chi connectivity index (χ0n) is 12.5. The minimum Gasteiger partial charge on any atom is -0.507 e. The zero-order valence-corrected chi connectivity index (χ0v) is 13.3. The average molecular weight is 330 g/mol. The zero-order chi connectivity index (χ0) is 17.0. The first kappa shape index (κ1) is 16.5. The second-order valence-corrected chi connectivity index (χ2v) is 5.75. The topological polar surface area (TPSA) is 99.4 Å². The summed E-state index contributed by atoms with van der Waals surface area (Å²) in [5, 5.41) is 23.2. The average Bonchev–Trinajstić information content (AvgIpc) is 2.96. The van der Waals surface area contributed by atoms with Crippen LogP contribution >= 0.6 is 11.3 Å². The van der Waals surface area contributed by atoms with Gasteiger partial charge in [-0.1, -0.05) is 11.6 Å². The van der Waals surface area contributed by atoms with E-state index in [1.807, 2.05) is 6.07 Å². The van der Waals surface area contributed by atoms with Crippen molar-refractivity contribution in [2.45, 2.75) is 20.0 Å². The van der Waals surface area contributed by atoms with Gasteiger partial charge in [0.25, 0.3) is 5.91 Å². The Bertz CT molecular complexity index is 792. The summed E-state index contributed by atoms with van der Waals surface area (Å²) in [6.45, 7) is 3.19. The number of carbonyl (C=O) groups excluding carboxylic acids is 2. The van der Waals surface area contributed by atoms with Crippen LogP contribution in [0.25, 0.3) is 0 Å². The molecular formula is C16H14N2O4S. The molecule has 1 heterocycles. The predicted octanol–water partition coefficient (Wildman–Crippen LogP) is 2.82. The van der Waals surface area contributed by atoms with Gasteiger partial charge in [-0.25, -0.2) is 4.79 Å². The highest BCUT2D eigenvalue weighted by Gasteiger charge is 2.22. The van der Waals surface area contributed by atoms with Crippen molar-refractivity contribution < 1.29 is 19.4 Å². The molecule has 0 unspecified atom stereocenters. The number of aromatic hydroxyl groups is 1. The highest BCUT2D eigenvalue weighted by atomic mass is 32.1. The number of benzene rings is 1. The highest BCUT2D eigenvalue weighted by molar-refractivity contribution is 7.14. The van der Waals surface area contributed by atoms with Crippen molar-refractivity contribution in [3.8, 4) is 11.8 Å². The van der Waals surface area contributed by atoms with Crippen LogP contribution in [0.3, 0.4) is 0 Å². The van der Waals surface area contributed by atoms with Gasteiger partial charge in [-0.15, -0.1) is 11.3 Å². The van der Waals surface area contributed by atoms with E-state index < -0.39 is 18.0 Å². The highest BCUT2D eigenvalue weighted by Crippen LogP contribution is 2.23. The molecule has 0 spiro atoms. The fraction of sp³-hybridized carbons (Fsp3) is 0.188. The molecule has 0 radical (unpaired) electrons. The molecule has 23 heavy (non-hydrogen) atoms. The molecule has 0 aliphatic heterocycles. The lowest BCUT2D eigenvalue weighted by atomic mass is 10.1. The van der Waals surface area contributed by atoms with Gasteiger partial charge in [0.2, 0.25) is 0 Å². The molecule has 1 amide bonds. The van der Waals surface area contributed by atoms with Crippen LogP contribution in [0, 0.1) is 18.3 Å². The number of nitriles is 1. The molecule has 0 bridgehead atoms. The van der Waals surface area contributed by atoms with Crippen LogP contribution in [0.1, 0.15) is 28.4 Å². The summed E-state index contributed by atoms with van der Waals surface area (Å²) in [5.41, 5.74) is 1.13. The Morgan fingerprint density at radius 3 is 2.83 bits per heavy atom. The fourth-order valence-corrected chi connectivity index (χ4v) is 2.54. The van der Waals surface area contributed by atoms with Crippen LogP contribution in [0.4, 0.5) is 5.00 Å². The maximum absolute atomic E-state index is 12.0. The molecule has 2 rings (SSSR count). The number of nitrogens with zero attached hydrogens (tertiary/aromatic N) is 1. The van der Waals surface area contributed by atoms with E-state index in [2.05, 4.69) is 5.32 Å². The largest absolute Gasteiger partial charge is 0.507 e. The van der Waals surface area contributed by atoms with E-state index in [1.54, 1.807) is 24.4 Å². The van der Waals surface area contributed by atoms with Crippen molar-refractivity contribution in [1.82, 2.24) is 0 Å². The number of rotatable bonds is 4. The number of phenols is 1. The molecule has 1 aromatic heterocycles. The molecular weight excluding hydrogens is 316 g/mol. The van der Waals surface area contributed by atoms with Crippen molar-refractivity contribution >= 4 is 28.2 Å². The first-order valence-electron chi connectivity index (χ1n) is 6.71. The third kappa shape index (κ3) is 3.87. The molecule has 118 valence electrons. The van der Waals surface area contributed by atoms with Gasteiger partial charge in [0.15, 0.2) is 6.10 Å². The number of amides is 1. The minimum atomic E-state index is -1.07. The maximum atomic E-state index is 12.0. The lowest BCUT2D eigenvalue weighted by Crippen LogP contribution is -2.30. The summed E-state index contributed by atoms with van der Waals surface area (Å²) in [4.78, 5) is 24.1. The van der Waals surface area contributed by atoms with Gasteiger partial charge in [0.1, 0.15) is 22.4 Å². The number of hydrogen-bond acceptors (Lipinski definition) is 6. The number of hydrogen-bond donors (Lipinski definition) is 2. The van der Waals surface area contributed by atoms with Crippen molar-refractivity contribution in [3.63, 3.8) is 0 Å². The van der Waals surface area contributed by atoms with E-state index >= 15 is 0 Å². The number of nitrogens with one attached hydrogen (secondary N) is 1. The third-order valence-electron chi connectivity index (χ3n) is 3.05. The Hall–Kier alpha value is -2.85. The monoisotopic (exact) mass is 330 g/mol. The molecule has 2 N–H and O–H groups in total. The Kier molecular flexibility index (Phi) is 4.98. The number of anilines is 1. The first-order chi connectivity index (χ1) is 10.9. The molecule has 7 heteroatoms. The normalized spacial score (nSPS) is 11.3. The summed E-state index contributed by atoms with van der Waals surface area (Å²) in [6, 6.07) is 8.07. The maximum Gasteiger partial charge on any atom is 0.342 e. The van der Waals surface area contributed by atoms with E-state index in [1.165, 1.54) is 30.4 Å². The molecule has 0 fully saturated rings. The Morgan fingerprint density at radius 1 is 1.39 bits per heavy atom. The standard InChI is InChI=1S/C16H14N2O4S/c1-9-3-4-13(19)12(7-9)16(21)22-10(2)14(20)18-15-11(8-17)5-6-23-15/h3-7,10,19H,1-2H3,(H,18,20)/t10-/m0/s1. The lowest BCUT2D eigenvalue weighted by Gasteiger charge is -2.13. The van der Waals surface area contributed by atoms with Crippen LogP contribution in [0.5, 0.6) is 5.75 Å². The minimum absolute atomic E-state index is 0.00140. The fourth-order valence-electron chi connectivity index (χ4n) is 1.80. The van der Waals surface area contributed by atoms with Gasteiger partial charge < -0.3 is 15.2 Å². The number of phenolic OH excluding ortho intramolecular Hbond substituents is 1. The van der Waals surface area contributed by atoms with Crippen LogP contribution in [0.2, 0.25) is 0 Å². The summed E-state index contributed by atoms with van der Waals surface area (Å²) in [6.07, 6.45) is -1.07. The van der Waals surface area contributed by atoms with Crippen molar-refractivity contribution in [2.75, 3.05) is 5.32 Å². The van der Waals surface area contributed by atoms with Gasteiger partial charge >= 0.3 is 5.97 Å². The Balaban J connectivity index is 2.05. The summed E-state index contributed by atoms with van der Waals surface area (Å²) < 4.78 is 5.07. The molecule has 6 nitrogen and oxygen atoms in total. The predicted molar refractivity (Wildman–Crippen MR) is 85.4 cm³/mol. The van der Waals surface area contributed by atoms with Crippen LogP contribution in [-0.4, -0.2) is 23.1 Å². The van der Waals surface area contributed by atoms with Gasteiger partial charge in [0, 0.05) is 0 Å². The number of aryl methyl sites for hydroxylation is 1. The molecule has 0 saturated carbocycles. The van der Waals surface area contributed by atoms with Crippen LogP contribution in [0.15, 0.2) is 29.6 Å². The number of ether oxygens (including phenoxy) is 1. The lowest BCUT2D eigenvalue weighted by molar-refractivity contribution is -0.123. The van der Waals surface area contributed by atoms with E-state index in [0.29, 0.717) is 10.6 Å². The van der Waals surface area contributed by atoms with E-state index in [4.69, 9.17) is 10.00 Å². The van der Waals surface area contributed by atoms with Crippen LogP contribution in [-0.2, 0) is 9.53 Å². The summed E-state index contributed by atoms with van der Waals surface area (Å²) in [7, 11) is 0. The molecule has 1 atom stereocenters. The van der Waals surface area contributed by atoms with E-state index in [-0.39, 0.29) is 11.3 Å². The van der Waals surface area contributed by atoms with Gasteiger partial charge in [-0.05, 0) is 37.4 Å². The molecule has 0 aliphatic carbocycles. The van der Waals surface area contributed by atoms with Gasteiger partial charge in [0.05, 0.1) is 5.56 Å². The number of esters is 1.